The van der Waals surface area contributed by atoms with Crippen LogP contribution in [0.3, 0.4) is 0 Å². The zero-order valence-electron chi connectivity index (χ0n) is 17.8. The van der Waals surface area contributed by atoms with E-state index < -0.39 is 15.6 Å². The Kier molecular flexibility index (Phi) is 7.48. The fourth-order valence-corrected chi connectivity index (χ4v) is 4.09. The van der Waals surface area contributed by atoms with Gasteiger partial charge in [-0.25, -0.2) is 18.1 Å². The molecular formula is C21H27ClN4O4S. The van der Waals surface area contributed by atoms with Crippen LogP contribution in [0.4, 0.5) is 5.82 Å². The number of nitrogens with two attached hydrogens (primary N) is 1. The normalized spacial score (nSPS) is 11.9. The van der Waals surface area contributed by atoms with E-state index in [2.05, 4.69) is 14.9 Å². The van der Waals surface area contributed by atoms with Crippen LogP contribution in [0.25, 0.3) is 22.5 Å². The molecule has 4 N–H and O–H groups in total. The van der Waals surface area contributed by atoms with Gasteiger partial charge in [0.25, 0.3) is 0 Å². The molecule has 0 radical (unpaired) electrons. The Labute approximate surface area is 188 Å². The molecule has 0 saturated heterocycles. The number of halogens is 1. The number of sulfonamides is 1. The molecule has 0 bridgehead atoms. The first-order valence-electron chi connectivity index (χ1n) is 9.55. The molecule has 0 amide bonds. The van der Waals surface area contributed by atoms with Crippen LogP contribution in [-0.4, -0.2) is 35.8 Å². The van der Waals surface area contributed by atoms with Crippen molar-refractivity contribution in [1.82, 2.24) is 14.9 Å². The summed E-state index contributed by atoms with van der Waals surface area (Å²) in [5.41, 5.74) is 8.55. The molecule has 0 aliphatic carbocycles. The molecule has 3 aromatic rings. The average molecular weight is 467 g/mol. The maximum absolute atomic E-state index is 12.7. The van der Waals surface area contributed by atoms with Gasteiger partial charge in [0.05, 0.1) is 21.8 Å². The first-order chi connectivity index (χ1) is 14.0. The molecule has 0 aliphatic rings. The fourth-order valence-electron chi connectivity index (χ4n) is 2.86. The van der Waals surface area contributed by atoms with Gasteiger partial charge in [0.15, 0.2) is 5.76 Å². The van der Waals surface area contributed by atoms with E-state index in [1.165, 1.54) is 19.9 Å². The Morgan fingerprint density at radius 1 is 1.19 bits per heavy atom. The van der Waals surface area contributed by atoms with E-state index >= 15 is 0 Å². The molecule has 2 aromatic heterocycles. The minimum atomic E-state index is -3.79. The second-order valence-electron chi connectivity index (χ2n) is 7.81. The maximum atomic E-state index is 12.7. The molecule has 0 fully saturated rings. The van der Waals surface area contributed by atoms with Crippen LogP contribution in [-0.2, 0) is 16.4 Å². The first kappa shape index (κ1) is 24.8. The largest absolute Gasteiger partial charge is 0.389 e. The Morgan fingerprint density at radius 2 is 1.90 bits per heavy atom. The van der Waals surface area contributed by atoms with E-state index in [0.29, 0.717) is 28.3 Å². The lowest BCUT2D eigenvalue weighted by molar-refractivity contribution is 0.0857. The topological polar surface area (TPSA) is 131 Å². The third kappa shape index (κ3) is 5.82. The van der Waals surface area contributed by atoms with Gasteiger partial charge in [-0.3, -0.25) is 0 Å². The quantitative estimate of drug-likeness (QED) is 0.486. The van der Waals surface area contributed by atoms with Crippen molar-refractivity contribution in [2.24, 2.45) is 0 Å². The zero-order chi connectivity index (χ0) is 22.1. The lowest BCUT2D eigenvalue weighted by atomic mass is 10.00. The predicted molar refractivity (Wildman–Crippen MR) is 122 cm³/mol. The molecule has 0 spiro atoms. The van der Waals surface area contributed by atoms with Crippen molar-refractivity contribution >= 4 is 28.2 Å². The Morgan fingerprint density at radius 3 is 2.52 bits per heavy atom. The number of aryl methyl sites for hydroxylation is 2. The molecule has 0 atom stereocenters. The zero-order valence-corrected chi connectivity index (χ0v) is 19.5. The molecule has 0 aliphatic heterocycles. The van der Waals surface area contributed by atoms with Crippen LogP contribution in [0.5, 0.6) is 0 Å². The molecule has 10 heteroatoms. The van der Waals surface area contributed by atoms with E-state index in [0.717, 1.165) is 17.7 Å². The number of hydrogen-bond donors (Lipinski definition) is 3. The summed E-state index contributed by atoms with van der Waals surface area (Å²) in [4.78, 5) is 4.36. The third-order valence-electron chi connectivity index (χ3n) is 4.63. The summed E-state index contributed by atoms with van der Waals surface area (Å²) in [6.07, 6.45) is 2.33. The first-order valence-corrected chi connectivity index (χ1v) is 11.0. The van der Waals surface area contributed by atoms with Crippen LogP contribution < -0.4 is 10.5 Å². The van der Waals surface area contributed by atoms with Gasteiger partial charge in [-0.15, -0.1) is 12.4 Å². The van der Waals surface area contributed by atoms with E-state index in [9.17, 15) is 13.5 Å². The number of rotatable bonds is 7. The monoisotopic (exact) mass is 466 g/mol. The SMILES string of the molecule is CCc1cc(-c2cc(-c3cc(S(=O)(=O)NCC(C)(C)O)ccc3C)cnc2N)on1.Cl. The molecular weight excluding hydrogens is 440 g/mol. The van der Waals surface area contributed by atoms with Crippen LogP contribution in [0.2, 0.25) is 0 Å². The van der Waals surface area contributed by atoms with Gasteiger partial charge in [-0.05, 0) is 56.5 Å². The highest BCUT2D eigenvalue weighted by Gasteiger charge is 2.21. The molecule has 2 heterocycles. The number of hydrogen-bond acceptors (Lipinski definition) is 7. The van der Waals surface area contributed by atoms with Gasteiger partial charge >= 0.3 is 0 Å². The van der Waals surface area contributed by atoms with Crippen molar-refractivity contribution in [3.8, 4) is 22.5 Å². The van der Waals surface area contributed by atoms with Gasteiger partial charge in [-0.2, -0.15) is 0 Å². The number of pyridine rings is 1. The third-order valence-corrected chi connectivity index (χ3v) is 6.03. The molecule has 0 saturated carbocycles. The standard InChI is InChI=1S/C21H26N4O4S.ClH/c1-5-15-9-19(29-25-15)18-8-14(11-23-20(18)22)17-10-16(7-6-13(17)2)30(27,28)24-12-21(3,4)26;/h6-11,24,26H,5,12H2,1-4H3,(H2,22,23);1H. The highest BCUT2D eigenvalue weighted by atomic mass is 35.5. The van der Waals surface area contributed by atoms with Crippen molar-refractivity contribution in [2.75, 3.05) is 12.3 Å². The summed E-state index contributed by atoms with van der Waals surface area (Å²) in [5.74, 6) is 0.804. The molecule has 1 aromatic carbocycles. The highest BCUT2D eigenvalue weighted by Crippen LogP contribution is 2.32. The Bertz CT molecular complexity index is 1170. The van der Waals surface area contributed by atoms with E-state index in [1.54, 1.807) is 18.3 Å². The number of benzene rings is 1. The molecule has 8 nitrogen and oxygen atoms in total. The summed E-state index contributed by atoms with van der Waals surface area (Å²) in [6, 6.07) is 8.46. The highest BCUT2D eigenvalue weighted by molar-refractivity contribution is 7.89. The number of anilines is 1. The van der Waals surface area contributed by atoms with E-state index in [-0.39, 0.29) is 23.8 Å². The van der Waals surface area contributed by atoms with Gasteiger partial charge in [-0.1, -0.05) is 18.1 Å². The van der Waals surface area contributed by atoms with Crippen LogP contribution in [0, 0.1) is 6.92 Å². The second-order valence-corrected chi connectivity index (χ2v) is 9.57. The summed E-state index contributed by atoms with van der Waals surface area (Å²) in [7, 11) is -3.79. The minimum Gasteiger partial charge on any atom is -0.389 e. The fraction of sp³-hybridized carbons (Fsp3) is 0.333. The minimum absolute atomic E-state index is 0. The van der Waals surface area contributed by atoms with Crippen molar-refractivity contribution in [2.45, 2.75) is 44.6 Å². The summed E-state index contributed by atoms with van der Waals surface area (Å²) in [6.45, 7) is 6.82. The van der Waals surface area contributed by atoms with Gasteiger partial charge in [0.1, 0.15) is 5.82 Å². The number of nitrogen functional groups attached to an aromatic ring is 1. The van der Waals surface area contributed by atoms with E-state index in [1.807, 2.05) is 26.0 Å². The van der Waals surface area contributed by atoms with Crippen molar-refractivity contribution < 1.29 is 18.0 Å². The smallest absolute Gasteiger partial charge is 0.240 e. The summed E-state index contributed by atoms with van der Waals surface area (Å²) in [5, 5.41) is 13.8. The summed E-state index contributed by atoms with van der Waals surface area (Å²) >= 11 is 0. The molecule has 31 heavy (non-hydrogen) atoms. The van der Waals surface area contributed by atoms with Crippen molar-refractivity contribution in [3.63, 3.8) is 0 Å². The van der Waals surface area contributed by atoms with Crippen LogP contribution in [0.1, 0.15) is 32.0 Å². The van der Waals surface area contributed by atoms with Gasteiger partial charge < -0.3 is 15.4 Å². The van der Waals surface area contributed by atoms with Crippen molar-refractivity contribution in [1.29, 1.82) is 0 Å². The van der Waals surface area contributed by atoms with Crippen LogP contribution in [0.15, 0.2) is 45.9 Å². The van der Waals surface area contributed by atoms with Crippen molar-refractivity contribution in [3.05, 3.63) is 47.8 Å². The molecule has 3 rings (SSSR count). The predicted octanol–water partition coefficient (Wildman–Crippen LogP) is 3.33. The van der Waals surface area contributed by atoms with Gasteiger partial charge in [0, 0.05) is 24.4 Å². The lowest BCUT2D eigenvalue weighted by Gasteiger charge is -2.18. The van der Waals surface area contributed by atoms with E-state index in [4.69, 9.17) is 10.3 Å². The lowest BCUT2D eigenvalue weighted by Crippen LogP contribution is -2.38. The number of aliphatic hydroxyl groups is 1. The average Bonchev–Trinajstić information content (AvgIpc) is 3.16. The second kappa shape index (κ2) is 9.35. The Balaban J connectivity index is 0.00000341. The number of nitrogens with one attached hydrogen (secondary N) is 1. The molecule has 0 unspecified atom stereocenters. The van der Waals surface area contributed by atoms with Crippen LogP contribution >= 0.6 is 12.4 Å². The Hall–Kier alpha value is -2.46. The number of aromatic nitrogens is 2. The summed E-state index contributed by atoms with van der Waals surface area (Å²) < 4.78 is 33.2. The maximum Gasteiger partial charge on any atom is 0.240 e. The van der Waals surface area contributed by atoms with Gasteiger partial charge in [0.2, 0.25) is 10.0 Å². The number of nitrogens with zero attached hydrogens (tertiary/aromatic N) is 2. The molecule has 168 valence electrons.